The molecule has 1 aromatic carbocycles. The molecule has 2 aliphatic heterocycles. The molecule has 1 aromatic heterocycles. The first-order valence-corrected chi connectivity index (χ1v) is 11.0. The minimum Gasteiger partial charge on any atom is -0.480 e. The number of ether oxygens (including phenoxy) is 4. The molecule has 0 spiro atoms. The molecular weight excluding hydrogens is 481 g/mol. The van der Waals surface area contributed by atoms with E-state index in [0.29, 0.717) is 13.1 Å². The fourth-order valence-corrected chi connectivity index (χ4v) is 4.34. The summed E-state index contributed by atoms with van der Waals surface area (Å²) in [6.07, 6.45) is 0.211. The first kappa shape index (κ1) is 23.5. The lowest BCUT2D eigenvalue weighted by molar-refractivity contribution is -0.163. The average molecular weight is 502 g/mol. The Morgan fingerprint density at radius 3 is 2.52 bits per heavy atom. The van der Waals surface area contributed by atoms with Gasteiger partial charge in [-0.15, -0.1) is 0 Å². The van der Waals surface area contributed by atoms with E-state index in [1.807, 2.05) is 0 Å². The van der Waals surface area contributed by atoms with Crippen molar-refractivity contribution in [1.29, 1.82) is 0 Å². The minimum absolute atomic E-state index is 0.0281. The van der Waals surface area contributed by atoms with Crippen LogP contribution in [0, 0.1) is 10.6 Å². The second-order valence-electron chi connectivity index (χ2n) is 7.59. The molecule has 2 unspecified atom stereocenters. The zero-order chi connectivity index (χ0) is 23.7. The highest BCUT2D eigenvalue weighted by molar-refractivity contribution is 7.71. The van der Waals surface area contributed by atoms with E-state index in [1.54, 1.807) is 4.68 Å². The van der Waals surface area contributed by atoms with E-state index in [2.05, 4.69) is 0 Å². The molecule has 2 aliphatic rings. The third-order valence-electron chi connectivity index (χ3n) is 5.27. The van der Waals surface area contributed by atoms with Gasteiger partial charge in [-0.05, 0) is 31.1 Å². The van der Waals surface area contributed by atoms with E-state index in [4.69, 9.17) is 42.8 Å². The van der Waals surface area contributed by atoms with Crippen LogP contribution in [0.2, 0.25) is 5.02 Å². The predicted molar refractivity (Wildman–Crippen MR) is 115 cm³/mol. The molecule has 1 saturated heterocycles. The van der Waals surface area contributed by atoms with E-state index in [0.717, 1.165) is 23.5 Å². The van der Waals surface area contributed by atoms with Crippen LogP contribution in [-0.4, -0.2) is 57.9 Å². The maximum Gasteiger partial charge on any atom is 0.349 e. The number of carbonyl (C=O) groups excluding carboxylic acids is 2. The highest BCUT2D eigenvalue weighted by Gasteiger charge is 2.34. The van der Waals surface area contributed by atoms with Crippen molar-refractivity contribution in [3.05, 3.63) is 38.2 Å². The predicted octanol–water partition coefficient (Wildman–Crippen LogP) is 2.01. The van der Waals surface area contributed by atoms with Crippen molar-refractivity contribution < 1.29 is 32.9 Å². The number of hydrogen-bond donors (Lipinski definition) is 0. The van der Waals surface area contributed by atoms with Crippen LogP contribution < -0.4 is 10.4 Å². The molecule has 0 N–H and O–H groups in total. The largest absolute Gasteiger partial charge is 0.480 e. The van der Waals surface area contributed by atoms with Gasteiger partial charge in [-0.25, -0.2) is 23.2 Å². The van der Waals surface area contributed by atoms with Crippen LogP contribution in [-0.2, 0) is 36.9 Å². The van der Waals surface area contributed by atoms with Crippen molar-refractivity contribution in [3.8, 4) is 11.4 Å². The molecule has 2 aromatic rings. The van der Waals surface area contributed by atoms with Crippen molar-refractivity contribution in [2.45, 2.75) is 45.1 Å². The Kier molecular flexibility index (Phi) is 6.86. The Morgan fingerprint density at radius 1 is 1.18 bits per heavy atom. The fraction of sp³-hybridized carbons (Fsp3) is 0.500. The summed E-state index contributed by atoms with van der Waals surface area (Å²) in [6.45, 7) is 1.93. The number of fused-ring (bicyclic) bond motifs is 1. The van der Waals surface area contributed by atoms with E-state index in [-0.39, 0.29) is 34.4 Å². The molecule has 0 saturated carbocycles. The molecule has 0 aliphatic carbocycles. The van der Waals surface area contributed by atoms with Crippen molar-refractivity contribution >= 4 is 35.8 Å². The van der Waals surface area contributed by atoms with Gasteiger partial charge in [0, 0.05) is 26.1 Å². The molecule has 13 heteroatoms. The molecule has 0 bridgehead atoms. The van der Waals surface area contributed by atoms with E-state index in [1.165, 1.54) is 17.7 Å². The third-order valence-corrected chi connectivity index (χ3v) is 5.96. The van der Waals surface area contributed by atoms with Gasteiger partial charge in [0.25, 0.3) is 0 Å². The normalized spacial score (nSPS) is 19.7. The van der Waals surface area contributed by atoms with Gasteiger partial charge >= 0.3 is 17.6 Å². The van der Waals surface area contributed by atoms with Crippen LogP contribution >= 0.6 is 23.8 Å². The summed E-state index contributed by atoms with van der Waals surface area (Å²) >= 11 is 11.5. The zero-order valence-electron chi connectivity index (χ0n) is 17.6. The number of nitrogens with zero attached hydrogens (tertiary/aromatic N) is 3. The van der Waals surface area contributed by atoms with Crippen LogP contribution in [0.25, 0.3) is 5.69 Å². The van der Waals surface area contributed by atoms with Gasteiger partial charge in [0.05, 0.1) is 23.9 Å². The fourth-order valence-electron chi connectivity index (χ4n) is 3.77. The molecule has 3 heterocycles. The summed E-state index contributed by atoms with van der Waals surface area (Å²) in [6, 6.07) is 2.21. The Morgan fingerprint density at radius 2 is 1.85 bits per heavy atom. The molecule has 0 amide bonds. The first-order valence-electron chi connectivity index (χ1n) is 10.3. The lowest BCUT2D eigenvalue weighted by atomic mass is 10.2. The highest BCUT2D eigenvalue weighted by atomic mass is 35.5. The number of hydrogen-bond acceptors (Lipinski definition) is 8. The molecule has 10 nitrogen and oxygen atoms in total. The van der Waals surface area contributed by atoms with Crippen molar-refractivity contribution in [2.24, 2.45) is 0 Å². The topological polar surface area (TPSA) is 103 Å². The van der Waals surface area contributed by atoms with Crippen molar-refractivity contribution in [3.63, 3.8) is 0 Å². The van der Waals surface area contributed by atoms with E-state index >= 15 is 0 Å². The van der Waals surface area contributed by atoms with Gasteiger partial charge in [-0.1, -0.05) is 11.6 Å². The molecule has 33 heavy (non-hydrogen) atoms. The van der Waals surface area contributed by atoms with Crippen LogP contribution in [0.5, 0.6) is 5.75 Å². The van der Waals surface area contributed by atoms with Crippen molar-refractivity contribution in [1.82, 2.24) is 13.9 Å². The smallest absolute Gasteiger partial charge is 0.349 e. The Labute approximate surface area is 197 Å². The summed E-state index contributed by atoms with van der Waals surface area (Å²) in [5, 5.41) is -0.0957. The second-order valence-corrected chi connectivity index (χ2v) is 8.36. The van der Waals surface area contributed by atoms with Gasteiger partial charge in [-0.2, -0.15) is 0 Å². The summed E-state index contributed by atoms with van der Waals surface area (Å²) in [7, 11) is 0. The van der Waals surface area contributed by atoms with Gasteiger partial charge in [0.2, 0.25) is 4.77 Å². The standard InChI is InChI=1S/C20H21ClFN3O7S/c1-11(26)31-16-8-29-9-17(16)32-18(27)10-30-15-7-14(13(22)6-12(15)21)25-19(28)23-4-2-3-5-24(23)20(25)33/h6-7,16-17H,2-5,8-10H2,1H3. The van der Waals surface area contributed by atoms with E-state index < -0.39 is 42.3 Å². The minimum atomic E-state index is -0.768. The second kappa shape index (κ2) is 9.65. The highest BCUT2D eigenvalue weighted by Crippen LogP contribution is 2.30. The van der Waals surface area contributed by atoms with Gasteiger partial charge in [0.1, 0.15) is 11.6 Å². The van der Waals surface area contributed by atoms with Gasteiger partial charge < -0.3 is 18.9 Å². The lowest BCUT2D eigenvalue weighted by Crippen LogP contribution is -2.34. The molecule has 0 radical (unpaired) electrons. The molecule has 178 valence electrons. The Hall–Kier alpha value is -2.70. The van der Waals surface area contributed by atoms with Crippen LogP contribution in [0.4, 0.5) is 4.39 Å². The average Bonchev–Trinajstić information content (AvgIpc) is 3.29. The summed E-state index contributed by atoms with van der Waals surface area (Å²) < 4.78 is 40.0. The lowest BCUT2D eigenvalue weighted by Gasteiger charge is -2.18. The Bertz CT molecular complexity index is 1170. The van der Waals surface area contributed by atoms with Crippen LogP contribution in [0.15, 0.2) is 16.9 Å². The van der Waals surface area contributed by atoms with Gasteiger partial charge in [0.15, 0.2) is 18.8 Å². The third kappa shape index (κ3) is 4.82. The maximum absolute atomic E-state index is 14.7. The number of esters is 2. The quantitative estimate of drug-likeness (QED) is 0.437. The molecule has 1 fully saturated rings. The van der Waals surface area contributed by atoms with Crippen LogP contribution in [0.3, 0.4) is 0 Å². The number of carbonyl (C=O) groups is 2. The molecule has 2 atom stereocenters. The summed E-state index contributed by atoms with van der Waals surface area (Å²) in [5.41, 5.74) is -0.602. The monoisotopic (exact) mass is 501 g/mol. The SMILES string of the molecule is CC(=O)OC1COCC1OC(=O)COc1cc(-n2c(=O)n3n(c2=S)CCCC3)c(F)cc1Cl. The number of rotatable bonds is 6. The summed E-state index contributed by atoms with van der Waals surface area (Å²) in [5.74, 6) is -2.07. The number of benzene rings is 1. The first-order chi connectivity index (χ1) is 15.8. The maximum atomic E-state index is 14.7. The molecular formula is C20H21ClFN3O7S. The number of aromatic nitrogens is 3. The molecule has 4 rings (SSSR count). The summed E-state index contributed by atoms with van der Waals surface area (Å²) in [4.78, 5) is 36.2. The van der Waals surface area contributed by atoms with Gasteiger partial charge in [-0.3, -0.25) is 9.48 Å². The van der Waals surface area contributed by atoms with E-state index in [9.17, 15) is 18.8 Å². The zero-order valence-corrected chi connectivity index (χ0v) is 19.2. The Balaban J connectivity index is 1.51. The number of halogens is 2. The van der Waals surface area contributed by atoms with Crippen molar-refractivity contribution in [2.75, 3.05) is 19.8 Å². The van der Waals surface area contributed by atoms with Crippen LogP contribution in [0.1, 0.15) is 19.8 Å².